The maximum atomic E-state index is 12.6. The third kappa shape index (κ3) is 6.07. The van der Waals surface area contributed by atoms with Crippen LogP contribution in [0.15, 0.2) is 24.3 Å². The van der Waals surface area contributed by atoms with Crippen LogP contribution in [0.1, 0.15) is 33.3 Å². The molecule has 8 nitrogen and oxygen atoms in total. The van der Waals surface area contributed by atoms with E-state index in [9.17, 15) is 14.7 Å². The fraction of sp³-hybridized carbons (Fsp3) is 0.579. The molecule has 0 bridgehead atoms. The minimum absolute atomic E-state index is 0.00726. The van der Waals surface area contributed by atoms with Crippen LogP contribution in [0.25, 0.3) is 0 Å². The van der Waals surface area contributed by atoms with E-state index in [-0.39, 0.29) is 6.54 Å². The highest BCUT2D eigenvalue weighted by molar-refractivity contribution is 6.30. The van der Waals surface area contributed by atoms with Crippen molar-refractivity contribution in [1.82, 2.24) is 10.6 Å². The summed E-state index contributed by atoms with van der Waals surface area (Å²) in [6.07, 6.45) is -1.93. The maximum Gasteiger partial charge on any atom is 0.408 e. The van der Waals surface area contributed by atoms with Gasteiger partial charge in [-0.1, -0.05) is 23.7 Å². The molecule has 0 aromatic heterocycles. The van der Waals surface area contributed by atoms with Crippen LogP contribution in [0, 0.1) is 0 Å². The smallest absolute Gasteiger partial charge is 0.408 e. The Hall–Kier alpha value is -1.87. The number of amides is 2. The van der Waals surface area contributed by atoms with Gasteiger partial charge in [0.1, 0.15) is 11.6 Å². The van der Waals surface area contributed by atoms with Gasteiger partial charge >= 0.3 is 6.09 Å². The van der Waals surface area contributed by atoms with Gasteiger partial charge in [-0.15, -0.1) is 0 Å². The number of aliphatic hydroxyl groups excluding tert-OH is 1. The molecule has 0 radical (unpaired) electrons. The van der Waals surface area contributed by atoms with Gasteiger partial charge < -0.3 is 30.0 Å². The van der Waals surface area contributed by atoms with Crippen molar-refractivity contribution in [1.29, 1.82) is 0 Å². The lowest BCUT2D eigenvalue weighted by Crippen LogP contribution is -2.55. The van der Waals surface area contributed by atoms with Crippen LogP contribution in [0.2, 0.25) is 5.02 Å². The highest BCUT2D eigenvalue weighted by Crippen LogP contribution is 2.31. The quantitative estimate of drug-likeness (QED) is 0.656. The third-order valence-corrected chi connectivity index (χ3v) is 4.22. The van der Waals surface area contributed by atoms with Gasteiger partial charge in [-0.25, -0.2) is 4.79 Å². The SMILES string of the molecule is CC(O)C(NC(=O)OC(C)(C)C)C(=O)NCC1(c2ccc(Cl)cc2)OCCO1. The largest absolute Gasteiger partial charge is 0.444 e. The standard InChI is InChI=1S/C19H27ClN2O6/c1-12(23)15(22-17(25)28-18(2,3)4)16(24)21-11-19(26-9-10-27-19)13-5-7-14(20)8-6-13/h5-8,12,15,23H,9-11H2,1-4H3,(H,21,24)(H,22,25). The Labute approximate surface area is 169 Å². The Morgan fingerprint density at radius 2 is 1.82 bits per heavy atom. The van der Waals surface area contributed by atoms with Crippen LogP contribution >= 0.6 is 11.6 Å². The Morgan fingerprint density at radius 1 is 1.25 bits per heavy atom. The number of aliphatic hydroxyl groups is 1. The Bertz CT molecular complexity index is 681. The van der Waals surface area contributed by atoms with E-state index in [0.717, 1.165) is 0 Å². The van der Waals surface area contributed by atoms with Crippen LogP contribution in [0.5, 0.6) is 0 Å². The lowest BCUT2D eigenvalue weighted by Gasteiger charge is -2.30. The summed E-state index contributed by atoms with van der Waals surface area (Å²) >= 11 is 5.93. The van der Waals surface area contributed by atoms with Crippen molar-refractivity contribution in [2.45, 2.75) is 51.2 Å². The molecule has 2 amide bonds. The number of nitrogens with one attached hydrogen (secondary N) is 2. The van der Waals surface area contributed by atoms with E-state index in [2.05, 4.69) is 10.6 Å². The van der Waals surface area contributed by atoms with Gasteiger partial charge in [0.25, 0.3) is 0 Å². The van der Waals surface area contributed by atoms with Crippen molar-refractivity contribution < 1.29 is 28.9 Å². The summed E-state index contributed by atoms with van der Waals surface area (Å²) in [5, 5.41) is 15.6. The number of rotatable bonds is 6. The lowest BCUT2D eigenvalue weighted by atomic mass is 10.1. The van der Waals surface area contributed by atoms with Gasteiger partial charge in [0.05, 0.1) is 25.9 Å². The molecule has 2 unspecified atom stereocenters. The number of benzene rings is 1. The highest BCUT2D eigenvalue weighted by Gasteiger charge is 2.40. The summed E-state index contributed by atoms with van der Waals surface area (Å²) < 4.78 is 16.6. The lowest BCUT2D eigenvalue weighted by molar-refractivity contribution is -0.165. The molecule has 2 atom stereocenters. The summed E-state index contributed by atoms with van der Waals surface area (Å²) in [5.74, 6) is -1.75. The normalized spacial score (nSPS) is 18.2. The number of hydrogen-bond donors (Lipinski definition) is 3. The molecule has 3 N–H and O–H groups in total. The van der Waals surface area contributed by atoms with Gasteiger partial charge in [-0.05, 0) is 39.8 Å². The second kappa shape index (κ2) is 9.09. The predicted octanol–water partition coefficient (Wildman–Crippen LogP) is 1.93. The first kappa shape index (κ1) is 22.4. The molecule has 2 rings (SSSR count). The van der Waals surface area contributed by atoms with E-state index in [1.165, 1.54) is 6.92 Å². The van der Waals surface area contributed by atoms with Gasteiger partial charge in [0, 0.05) is 10.6 Å². The van der Waals surface area contributed by atoms with Crippen molar-refractivity contribution in [2.24, 2.45) is 0 Å². The number of hydrogen-bond acceptors (Lipinski definition) is 6. The van der Waals surface area contributed by atoms with Gasteiger partial charge in [-0.3, -0.25) is 4.79 Å². The van der Waals surface area contributed by atoms with Crippen molar-refractivity contribution in [3.8, 4) is 0 Å². The molecule has 0 spiro atoms. The zero-order valence-corrected chi connectivity index (χ0v) is 17.2. The Balaban J connectivity index is 2.05. The van der Waals surface area contributed by atoms with E-state index in [1.807, 2.05) is 0 Å². The molecule has 1 aliphatic heterocycles. The number of alkyl carbamates (subject to hydrolysis) is 1. The first-order valence-electron chi connectivity index (χ1n) is 9.02. The maximum absolute atomic E-state index is 12.6. The van der Waals surface area contributed by atoms with Gasteiger partial charge in [0.2, 0.25) is 11.7 Å². The molecule has 0 aliphatic carbocycles. The van der Waals surface area contributed by atoms with Gasteiger partial charge in [0.15, 0.2) is 0 Å². The third-order valence-electron chi connectivity index (χ3n) is 3.97. The molecule has 1 aromatic rings. The average Bonchev–Trinajstić information content (AvgIpc) is 3.06. The van der Waals surface area contributed by atoms with Crippen molar-refractivity contribution in [3.63, 3.8) is 0 Å². The minimum Gasteiger partial charge on any atom is -0.444 e. The molecule has 1 saturated heterocycles. The predicted molar refractivity (Wildman–Crippen MR) is 103 cm³/mol. The molecular formula is C19H27ClN2O6. The minimum atomic E-state index is -1.20. The Morgan fingerprint density at radius 3 is 2.32 bits per heavy atom. The molecular weight excluding hydrogens is 388 g/mol. The van der Waals surface area contributed by atoms with E-state index in [0.29, 0.717) is 23.8 Å². The first-order valence-corrected chi connectivity index (χ1v) is 9.39. The van der Waals surface area contributed by atoms with E-state index in [4.69, 9.17) is 25.8 Å². The van der Waals surface area contributed by atoms with Crippen LogP contribution < -0.4 is 10.6 Å². The summed E-state index contributed by atoms with van der Waals surface area (Å²) in [5.41, 5.74) is -0.0306. The highest BCUT2D eigenvalue weighted by atomic mass is 35.5. The molecule has 0 saturated carbocycles. The monoisotopic (exact) mass is 414 g/mol. The van der Waals surface area contributed by atoms with Gasteiger partial charge in [-0.2, -0.15) is 0 Å². The summed E-state index contributed by atoms with van der Waals surface area (Å²) in [6, 6.07) is 5.72. The zero-order valence-electron chi connectivity index (χ0n) is 16.5. The zero-order chi connectivity index (χ0) is 20.9. The molecule has 1 fully saturated rings. The van der Waals surface area contributed by atoms with Crippen molar-refractivity contribution in [2.75, 3.05) is 19.8 Å². The van der Waals surface area contributed by atoms with Crippen molar-refractivity contribution in [3.05, 3.63) is 34.9 Å². The number of carbonyl (C=O) groups is 2. The topological polar surface area (TPSA) is 106 Å². The fourth-order valence-corrected chi connectivity index (χ4v) is 2.81. The second-order valence-electron chi connectivity index (χ2n) is 7.54. The number of halogens is 1. The molecule has 9 heteroatoms. The van der Waals surface area contributed by atoms with Crippen LogP contribution in [-0.4, -0.2) is 54.6 Å². The van der Waals surface area contributed by atoms with E-state index in [1.54, 1.807) is 45.0 Å². The van der Waals surface area contributed by atoms with Crippen molar-refractivity contribution >= 4 is 23.6 Å². The van der Waals surface area contributed by atoms with Crippen LogP contribution in [0.3, 0.4) is 0 Å². The molecule has 1 aromatic carbocycles. The second-order valence-corrected chi connectivity index (χ2v) is 7.98. The summed E-state index contributed by atoms with van der Waals surface area (Å²) in [4.78, 5) is 24.6. The van der Waals surface area contributed by atoms with Crippen LogP contribution in [-0.2, 0) is 24.8 Å². The number of ether oxygens (including phenoxy) is 3. The van der Waals surface area contributed by atoms with E-state index >= 15 is 0 Å². The van der Waals surface area contributed by atoms with Crippen LogP contribution in [0.4, 0.5) is 4.79 Å². The molecule has 1 heterocycles. The summed E-state index contributed by atoms with van der Waals surface area (Å²) in [7, 11) is 0. The molecule has 28 heavy (non-hydrogen) atoms. The van der Waals surface area contributed by atoms with E-state index < -0.39 is 35.5 Å². The first-order chi connectivity index (χ1) is 13.0. The Kier molecular flexibility index (Phi) is 7.28. The summed E-state index contributed by atoms with van der Waals surface area (Å²) in [6.45, 7) is 7.24. The molecule has 1 aliphatic rings. The fourth-order valence-electron chi connectivity index (χ4n) is 2.68. The number of carbonyl (C=O) groups excluding carboxylic acids is 2. The average molecular weight is 415 g/mol. The molecule has 156 valence electrons.